The SMILES string of the molecule is CCC(O)CNCc1ccc(C#N)cc1.Cl. The van der Waals surface area contributed by atoms with Crippen molar-refractivity contribution in [1.29, 1.82) is 5.26 Å². The highest BCUT2D eigenvalue weighted by atomic mass is 35.5. The zero-order chi connectivity index (χ0) is 11.1. The molecule has 3 nitrogen and oxygen atoms in total. The van der Waals surface area contributed by atoms with Crippen molar-refractivity contribution in [2.24, 2.45) is 0 Å². The molecular formula is C12H17ClN2O. The first kappa shape index (κ1) is 14.9. The Balaban J connectivity index is 0.00000225. The summed E-state index contributed by atoms with van der Waals surface area (Å²) in [5.41, 5.74) is 1.80. The minimum Gasteiger partial charge on any atom is -0.392 e. The van der Waals surface area contributed by atoms with E-state index >= 15 is 0 Å². The average Bonchev–Trinajstić information content (AvgIpc) is 2.29. The van der Waals surface area contributed by atoms with Crippen LogP contribution in [0.5, 0.6) is 0 Å². The van der Waals surface area contributed by atoms with Crippen LogP contribution in [0.15, 0.2) is 24.3 Å². The van der Waals surface area contributed by atoms with Gasteiger partial charge in [-0.3, -0.25) is 0 Å². The molecule has 1 rings (SSSR count). The number of aliphatic hydroxyl groups is 1. The molecule has 0 aliphatic heterocycles. The van der Waals surface area contributed by atoms with Crippen LogP contribution in [0.3, 0.4) is 0 Å². The Bertz CT molecular complexity index is 332. The highest BCUT2D eigenvalue weighted by Crippen LogP contribution is 2.02. The summed E-state index contributed by atoms with van der Waals surface area (Å²) in [4.78, 5) is 0. The molecule has 1 aromatic carbocycles. The zero-order valence-electron chi connectivity index (χ0n) is 9.31. The molecule has 0 fully saturated rings. The van der Waals surface area contributed by atoms with E-state index in [9.17, 15) is 5.11 Å². The average molecular weight is 241 g/mol. The Hall–Kier alpha value is -1.08. The quantitative estimate of drug-likeness (QED) is 0.826. The van der Waals surface area contributed by atoms with Crippen LogP contribution >= 0.6 is 12.4 Å². The summed E-state index contributed by atoms with van der Waals surface area (Å²) < 4.78 is 0. The Morgan fingerprint density at radius 3 is 2.50 bits per heavy atom. The molecule has 88 valence electrons. The van der Waals surface area contributed by atoms with Gasteiger partial charge in [0.25, 0.3) is 0 Å². The summed E-state index contributed by atoms with van der Waals surface area (Å²) in [6.07, 6.45) is 0.490. The first-order valence-corrected chi connectivity index (χ1v) is 5.14. The van der Waals surface area contributed by atoms with Gasteiger partial charge in [-0.1, -0.05) is 19.1 Å². The second kappa shape index (κ2) is 8.12. The van der Waals surface area contributed by atoms with Crippen molar-refractivity contribution < 1.29 is 5.11 Å². The molecule has 0 bridgehead atoms. The molecule has 1 aromatic rings. The number of rotatable bonds is 5. The van der Waals surface area contributed by atoms with Crippen LogP contribution < -0.4 is 5.32 Å². The van der Waals surface area contributed by atoms with E-state index < -0.39 is 0 Å². The maximum Gasteiger partial charge on any atom is 0.0991 e. The molecular weight excluding hydrogens is 224 g/mol. The zero-order valence-corrected chi connectivity index (χ0v) is 10.1. The number of hydrogen-bond acceptors (Lipinski definition) is 3. The van der Waals surface area contributed by atoms with Gasteiger partial charge in [-0.05, 0) is 24.1 Å². The maximum atomic E-state index is 9.31. The largest absolute Gasteiger partial charge is 0.392 e. The Morgan fingerprint density at radius 2 is 2.00 bits per heavy atom. The molecule has 1 atom stereocenters. The Labute approximate surface area is 103 Å². The molecule has 0 amide bonds. The number of halogens is 1. The summed E-state index contributed by atoms with van der Waals surface area (Å²) in [6.45, 7) is 3.29. The van der Waals surface area contributed by atoms with Crippen LogP contribution in [0, 0.1) is 11.3 Å². The lowest BCUT2D eigenvalue weighted by Crippen LogP contribution is -2.25. The van der Waals surface area contributed by atoms with Gasteiger partial charge in [-0.2, -0.15) is 5.26 Å². The lowest BCUT2D eigenvalue weighted by Gasteiger charge is -2.09. The fraction of sp³-hybridized carbons (Fsp3) is 0.417. The molecule has 0 heterocycles. The van der Waals surface area contributed by atoms with Crippen molar-refractivity contribution in [2.75, 3.05) is 6.54 Å². The van der Waals surface area contributed by atoms with Gasteiger partial charge in [0.05, 0.1) is 17.7 Å². The third kappa shape index (κ3) is 5.13. The first-order chi connectivity index (χ1) is 7.26. The fourth-order valence-electron chi connectivity index (χ4n) is 1.22. The molecule has 0 saturated carbocycles. The monoisotopic (exact) mass is 240 g/mol. The van der Waals surface area contributed by atoms with Crippen molar-refractivity contribution >= 4 is 12.4 Å². The lowest BCUT2D eigenvalue weighted by molar-refractivity contribution is 0.167. The van der Waals surface area contributed by atoms with Crippen LogP contribution in [0.2, 0.25) is 0 Å². The third-order valence-electron chi connectivity index (χ3n) is 2.26. The molecule has 4 heteroatoms. The molecule has 1 unspecified atom stereocenters. The van der Waals surface area contributed by atoms with E-state index in [-0.39, 0.29) is 18.5 Å². The Morgan fingerprint density at radius 1 is 1.38 bits per heavy atom. The van der Waals surface area contributed by atoms with Crippen LogP contribution in [-0.2, 0) is 6.54 Å². The first-order valence-electron chi connectivity index (χ1n) is 5.14. The van der Waals surface area contributed by atoms with E-state index in [0.29, 0.717) is 12.1 Å². The third-order valence-corrected chi connectivity index (χ3v) is 2.26. The standard InChI is InChI=1S/C12H16N2O.ClH/c1-2-12(15)9-14-8-11-5-3-10(7-13)4-6-11;/h3-6,12,14-15H,2,8-9H2,1H3;1H. The summed E-state index contributed by atoms with van der Waals surface area (Å²) in [7, 11) is 0. The van der Waals surface area contributed by atoms with E-state index in [1.165, 1.54) is 0 Å². The van der Waals surface area contributed by atoms with Gasteiger partial charge in [0.1, 0.15) is 0 Å². The van der Waals surface area contributed by atoms with Crippen LogP contribution in [0.4, 0.5) is 0 Å². The van der Waals surface area contributed by atoms with Gasteiger partial charge in [0.15, 0.2) is 0 Å². The maximum absolute atomic E-state index is 9.31. The molecule has 0 radical (unpaired) electrons. The minimum absolute atomic E-state index is 0. The molecule has 0 aromatic heterocycles. The molecule has 0 aliphatic carbocycles. The van der Waals surface area contributed by atoms with Crippen LogP contribution in [-0.4, -0.2) is 17.8 Å². The van der Waals surface area contributed by atoms with Crippen molar-refractivity contribution in [2.45, 2.75) is 26.0 Å². The van der Waals surface area contributed by atoms with Gasteiger partial charge in [-0.25, -0.2) is 0 Å². The molecule has 16 heavy (non-hydrogen) atoms. The summed E-state index contributed by atoms with van der Waals surface area (Å²) in [6, 6.07) is 9.52. The number of nitrogens with zero attached hydrogens (tertiary/aromatic N) is 1. The number of benzene rings is 1. The van der Waals surface area contributed by atoms with Gasteiger partial charge in [-0.15, -0.1) is 12.4 Å². The molecule has 0 saturated heterocycles. The highest BCUT2D eigenvalue weighted by molar-refractivity contribution is 5.85. The van der Waals surface area contributed by atoms with Gasteiger partial charge in [0.2, 0.25) is 0 Å². The number of nitrogens with one attached hydrogen (secondary N) is 1. The normalized spacial score (nSPS) is 11.3. The fourth-order valence-corrected chi connectivity index (χ4v) is 1.22. The van der Waals surface area contributed by atoms with E-state index in [4.69, 9.17) is 5.26 Å². The highest BCUT2D eigenvalue weighted by Gasteiger charge is 1.99. The second-order valence-electron chi connectivity index (χ2n) is 3.50. The number of aliphatic hydroxyl groups excluding tert-OH is 1. The molecule has 2 N–H and O–H groups in total. The second-order valence-corrected chi connectivity index (χ2v) is 3.50. The van der Waals surface area contributed by atoms with Gasteiger partial charge in [0, 0.05) is 13.1 Å². The smallest absolute Gasteiger partial charge is 0.0991 e. The predicted octanol–water partition coefficient (Wildman–Crippen LogP) is 1.84. The molecule has 0 spiro atoms. The topological polar surface area (TPSA) is 56.0 Å². The van der Waals surface area contributed by atoms with Crippen molar-refractivity contribution in [3.8, 4) is 6.07 Å². The lowest BCUT2D eigenvalue weighted by atomic mass is 10.1. The van der Waals surface area contributed by atoms with E-state index in [1.807, 2.05) is 19.1 Å². The number of hydrogen-bond donors (Lipinski definition) is 2. The van der Waals surface area contributed by atoms with E-state index in [1.54, 1.807) is 12.1 Å². The van der Waals surface area contributed by atoms with Crippen molar-refractivity contribution in [3.63, 3.8) is 0 Å². The Kier molecular flexibility index (Phi) is 7.57. The van der Waals surface area contributed by atoms with E-state index in [0.717, 1.165) is 18.5 Å². The summed E-state index contributed by atoms with van der Waals surface area (Å²) in [5.74, 6) is 0. The minimum atomic E-state index is -0.275. The summed E-state index contributed by atoms with van der Waals surface area (Å²) in [5, 5.41) is 21.1. The van der Waals surface area contributed by atoms with Crippen molar-refractivity contribution in [1.82, 2.24) is 5.32 Å². The number of nitriles is 1. The van der Waals surface area contributed by atoms with Gasteiger partial charge >= 0.3 is 0 Å². The van der Waals surface area contributed by atoms with Crippen molar-refractivity contribution in [3.05, 3.63) is 35.4 Å². The van der Waals surface area contributed by atoms with E-state index in [2.05, 4.69) is 11.4 Å². The van der Waals surface area contributed by atoms with Gasteiger partial charge < -0.3 is 10.4 Å². The summed E-state index contributed by atoms with van der Waals surface area (Å²) >= 11 is 0. The van der Waals surface area contributed by atoms with Crippen LogP contribution in [0.1, 0.15) is 24.5 Å². The predicted molar refractivity (Wildman–Crippen MR) is 66.4 cm³/mol. The van der Waals surface area contributed by atoms with Crippen LogP contribution in [0.25, 0.3) is 0 Å². The molecule has 0 aliphatic rings.